The van der Waals surface area contributed by atoms with Gasteiger partial charge in [-0.2, -0.15) is 0 Å². The van der Waals surface area contributed by atoms with Crippen molar-refractivity contribution in [2.45, 2.75) is 25.9 Å². The van der Waals surface area contributed by atoms with Crippen molar-refractivity contribution in [2.24, 2.45) is 0 Å². The van der Waals surface area contributed by atoms with E-state index in [9.17, 15) is 18.8 Å². The van der Waals surface area contributed by atoms with Crippen LogP contribution in [-0.2, 0) is 16.1 Å². The van der Waals surface area contributed by atoms with Crippen LogP contribution in [0.4, 0.5) is 4.39 Å². The molecule has 1 aromatic heterocycles. The van der Waals surface area contributed by atoms with Crippen molar-refractivity contribution < 1.29 is 18.8 Å². The average Bonchev–Trinajstić information content (AvgIpc) is 2.96. The Bertz CT molecular complexity index is 981. The first kappa shape index (κ1) is 19.9. The van der Waals surface area contributed by atoms with Crippen LogP contribution in [0.1, 0.15) is 28.2 Å². The summed E-state index contributed by atoms with van der Waals surface area (Å²) in [7, 11) is 0. The van der Waals surface area contributed by atoms with Gasteiger partial charge in [0, 0.05) is 32.4 Å². The highest BCUT2D eigenvalue weighted by Gasteiger charge is 2.41. The van der Waals surface area contributed by atoms with Gasteiger partial charge in [0.25, 0.3) is 5.91 Å². The first-order valence-electron chi connectivity index (χ1n) is 9.83. The molecule has 2 fully saturated rings. The number of nitrogens with zero attached hydrogens (tertiary/aromatic N) is 5. The van der Waals surface area contributed by atoms with Gasteiger partial charge in [-0.1, -0.05) is 12.1 Å². The average molecular weight is 411 g/mol. The largest absolute Gasteiger partial charge is 0.335 e. The number of rotatable bonds is 3. The van der Waals surface area contributed by atoms with Crippen molar-refractivity contribution in [2.75, 3.05) is 26.2 Å². The third kappa shape index (κ3) is 4.00. The molecular formula is C21H22FN5O3. The number of fused-ring (bicyclic) bond motifs is 1. The zero-order valence-corrected chi connectivity index (χ0v) is 16.6. The van der Waals surface area contributed by atoms with Crippen molar-refractivity contribution in [1.29, 1.82) is 0 Å². The molecule has 0 radical (unpaired) electrons. The molecule has 3 heterocycles. The van der Waals surface area contributed by atoms with Gasteiger partial charge in [0.15, 0.2) is 0 Å². The molecule has 0 bridgehead atoms. The topological polar surface area (TPSA) is 86.7 Å². The summed E-state index contributed by atoms with van der Waals surface area (Å²) in [4.78, 5) is 51.4. The highest BCUT2D eigenvalue weighted by atomic mass is 19.1. The monoisotopic (exact) mass is 411 g/mol. The molecule has 1 aromatic carbocycles. The Labute approximate surface area is 173 Å². The van der Waals surface area contributed by atoms with E-state index < -0.39 is 6.04 Å². The zero-order valence-electron chi connectivity index (χ0n) is 16.6. The summed E-state index contributed by atoms with van der Waals surface area (Å²) in [5.41, 5.74) is 1.59. The minimum atomic E-state index is -0.623. The highest BCUT2D eigenvalue weighted by molar-refractivity contribution is 5.95. The maximum atomic E-state index is 13.5. The number of hydrogen-bond donors (Lipinski definition) is 0. The Morgan fingerprint density at radius 1 is 1.17 bits per heavy atom. The lowest BCUT2D eigenvalue weighted by Gasteiger charge is -2.39. The first-order chi connectivity index (χ1) is 14.4. The Morgan fingerprint density at radius 3 is 2.73 bits per heavy atom. The van der Waals surface area contributed by atoms with Crippen LogP contribution >= 0.6 is 0 Å². The molecule has 4 rings (SSSR count). The van der Waals surface area contributed by atoms with Gasteiger partial charge in [-0.3, -0.25) is 19.4 Å². The number of amides is 3. The molecule has 0 N–H and O–H groups in total. The van der Waals surface area contributed by atoms with E-state index in [1.807, 2.05) is 0 Å². The minimum absolute atomic E-state index is 0.0524. The molecule has 2 aromatic rings. The molecule has 156 valence electrons. The standard InChI is InChI=1S/C21H22FN5O3/c1-14-10-24-17(11-23-14)20(29)25-6-5-18-21(30)26(13-19(28)27(18)8-7-25)12-15-3-2-4-16(22)9-15/h2-4,9-11,18H,5-8,12-13H2,1H3. The first-order valence-corrected chi connectivity index (χ1v) is 9.83. The van der Waals surface area contributed by atoms with E-state index in [1.165, 1.54) is 29.4 Å². The van der Waals surface area contributed by atoms with Crippen LogP contribution in [0.5, 0.6) is 0 Å². The van der Waals surface area contributed by atoms with Crippen molar-refractivity contribution >= 4 is 17.7 Å². The predicted molar refractivity (Wildman–Crippen MR) is 105 cm³/mol. The van der Waals surface area contributed by atoms with Crippen molar-refractivity contribution in [3.05, 3.63) is 59.4 Å². The molecule has 8 nitrogen and oxygen atoms in total. The Hall–Kier alpha value is -3.36. The van der Waals surface area contributed by atoms with Crippen LogP contribution in [0.2, 0.25) is 0 Å². The van der Waals surface area contributed by atoms with Gasteiger partial charge in [0.2, 0.25) is 11.8 Å². The smallest absolute Gasteiger partial charge is 0.274 e. The molecule has 1 atom stereocenters. The Morgan fingerprint density at radius 2 is 2.00 bits per heavy atom. The van der Waals surface area contributed by atoms with Crippen molar-refractivity contribution in [3.63, 3.8) is 0 Å². The zero-order chi connectivity index (χ0) is 21.3. The van der Waals surface area contributed by atoms with Crippen LogP contribution in [0.25, 0.3) is 0 Å². The fourth-order valence-electron chi connectivity index (χ4n) is 3.89. The van der Waals surface area contributed by atoms with Crippen molar-refractivity contribution in [3.8, 4) is 0 Å². The van der Waals surface area contributed by atoms with Crippen LogP contribution in [-0.4, -0.2) is 74.6 Å². The lowest BCUT2D eigenvalue weighted by Crippen LogP contribution is -2.59. The number of piperazine rings is 1. The van der Waals surface area contributed by atoms with Gasteiger partial charge < -0.3 is 14.7 Å². The minimum Gasteiger partial charge on any atom is -0.335 e. The summed E-state index contributed by atoms with van der Waals surface area (Å²) >= 11 is 0. The second-order valence-electron chi connectivity index (χ2n) is 7.55. The lowest BCUT2D eigenvalue weighted by molar-refractivity contribution is -0.156. The number of aryl methyl sites for hydroxylation is 1. The summed E-state index contributed by atoms with van der Waals surface area (Å²) in [5.74, 6) is -0.990. The van der Waals surface area contributed by atoms with Crippen LogP contribution in [0, 0.1) is 12.7 Å². The molecule has 3 amide bonds. The predicted octanol–water partition coefficient (Wildman–Crippen LogP) is 1.01. The number of hydrogen-bond acceptors (Lipinski definition) is 5. The molecule has 2 aliphatic heterocycles. The van der Waals surface area contributed by atoms with E-state index in [-0.39, 0.29) is 48.9 Å². The van der Waals surface area contributed by atoms with E-state index >= 15 is 0 Å². The van der Waals surface area contributed by atoms with Gasteiger partial charge in [-0.25, -0.2) is 9.37 Å². The molecule has 0 aliphatic carbocycles. The third-order valence-corrected chi connectivity index (χ3v) is 5.45. The molecule has 30 heavy (non-hydrogen) atoms. The Balaban J connectivity index is 1.47. The van der Waals surface area contributed by atoms with Crippen LogP contribution < -0.4 is 0 Å². The Kier molecular flexibility index (Phi) is 5.43. The van der Waals surface area contributed by atoms with E-state index in [0.29, 0.717) is 30.8 Å². The summed E-state index contributed by atoms with van der Waals surface area (Å²) in [5, 5.41) is 0. The van der Waals surface area contributed by atoms with E-state index in [4.69, 9.17) is 0 Å². The van der Waals surface area contributed by atoms with Crippen LogP contribution in [0.3, 0.4) is 0 Å². The lowest BCUT2D eigenvalue weighted by atomic mass is 10.1. The van der Waals surface area contributed by atoms with E-state index in [2.05, 4.69) is 9.97 Å². The maximum absolute atomic E-state index is 13.5. The fourth-order valence-corrected chi connectivity index (χ4v) is 3.89. The van der Waals surface area contributed by atoms with Gasteiger partial charge in [-0.15, -0.1) is 0 Å². The maximum Gasteiger partial charge on any atom is 0.274 e. The summed E-state index contributed by atoms with van der Waals surface area (Å²) in [6.07, 6.45) is 3.31. The van der Waals surface area contributed by atoms with Gasteiger partial charge in [0.05, 0.1) is 11.9 Å². The summed E-state index contributed by atoms with van der Waals surface area (Å²) in [6.45, 7) is 2.86. The normalized spacial score (nSPS) is 19.5. The number of carbonyl (C=O) groups excluding carboxylic acids is 3. The highest BCUT2D eigenvalue weighted by Crippen LogP contribution is 2.21. The van der Waals surface area contributed by atoms with Crippen LogP contribution in [0.15, 0.2) is 36.7 Å². The van der Waals surface area contributed by atoms with Gasteiger partial charge in [-0.05, 0) is 31.0 Å². The number of benzene rings is 1. The molecular weight excluding hydrogens is 389 g/mol. The SMILES string of the molecule is Cc1cnc(C(=O)N2CCC3C(=O)N(Cc4cccc(F)c4)CC(=O)N3CC2)cn1. The molecule has 0 spiro atoms. The fraction of sp³-hybridized carbons (Fsp3) is 0.381. The quantitative estimate of drug-likeness (QED) is 0.753. The molecule has 1 unspecified atom stereocenters. The molecule has 0 saturated carbocycles. The van der Waals surface area contributed by atoms with Gasteiger partial charge >= 0.3 is 0 Å². The van der Waals surface area contributed by atoms with E-state index in [0.717, 1.165) is 0 Å². The second kappa shape index (κ2) is 8.17. The molecule has 2 saturated heterocycles. The number of halogens is 1. The summed E-state index contributed by atoms with van der Waals surface area (Å²) < 4.78 is 13.5. The van der Waals surface area contributed by atoms with Crippen molar-refractivity contribution in [1.82, 2.24) is 24.7 Å². The second-order valence-corrected chi connectivity index (χ2v) is 7.55. The van der Waals surface area contributed by atoms with E-state index in [1.54, 1.807) is 28.9 Å². The number of aromatic nitrogens is 2. The number of carbonyl (C=O) groups is 3. The third-order valence-electron chi connectivity index (χ3n) is 5.45. The molecule has 2 aliphatic rings. The molecule has 9 heteroatoms. The summed E-state index contributed by atoms with van der Waals surface area (Å²) in [6, 6.07) is 5.38. The van der Waals surface area contributed by atoms with Gasteiger partial charge in [0.1, 0.15) is 24.1 Å².